The lowest BCUT2D eigenvalue weighted by Gasteiger charge is -2.17. The minimum atomic E-state index is -3.74. The molecule has 1 saturated heterocycles. The first kappa shape index (κ1) is 20.3. The van der Waals surface area contributed by atoms with Crippen LogP contribution in [0, 0.1) is 17.4 Å². The number of ether oxygens (including phenoxy) is 1. The molecule has 1 heterocycles. The monoisotopic (exact) mass is 380 g/mol. The average Bonchev–Trinajstić information content (AvgIpc) is 3.08. The zero-order valence-corrected chi connectivity index (χ0v) is 16.5. The van der Waals surface area contributed by atoms with E-state index in [1.165, 1.54) is 7.11 Å². The van der Waals surface area contributed by atoms with Gasteiger partial charge in [-0.25, -0.2) is 13.1 Å². The minimum absolute atomic E-state index is 0.115. The second-order valence-electron chi connectivity index (χ2n) is 6.75. The van der Waals surface area contributed by atoms with Gasteiger partial charge in [-0.2, -0.15) is 5.26 Å². The number of benzene rings is 1. The Balaban J connectivity index is 2.12. The lowest BCUT2D eigenvalue weighted by atomic mass is 10.1. The third-order valence-electron chi connectivity index (χ3n) is 4.77. The first-order valence-electron chi connectivity index (χ1n) is 8.98. The van der Waals surface area contributed by atoms with Crippen LogP contribution in [0.2, 0.25) is 0 Å². The van der Waals surface area contributed by atoms with Crippen LogP contribution in [0.5, 0.6) is 5.75 Å². The molecular formula is C18H28N4O3S. The Morgan fingerprint density at radius 1 is 1.46 bits per heavy atom. The van der Waals surface area contributed by atoms with Gasteiger partial charge in [0.25, 0.3) is 0 Å². The van der Waals surface area contributed by atoms with Crippen molar-refractivity contribution in [1.29, 1.82) is 5.26 Å². The molecule has 2 N–H and O–H groups in total. The number of sulfonamides is 1. The highest BCUT2D eigenvalue weighted by molar-refractivity contribution is 7.89. The van der Waals surface area contributed by atoms with Crippen molar-refractivity contribution < 1.29 is 13.2 Å². The van der Waals surface area contributed by atoms with Crippen molar-refractivity contribution in [2.45, 2.75) is 44.0 Å². The van der Waals surface area contributed by atoms with Crippen LogP contribution in [0.1, 0.15) is 33.1 Å². The summed E-state index contributed by atoms with van der Waals surface area (Å²) < 4.78 is 33.6. The number of methoxy groups -OCH3 is 1. The Morgan fingerprint density at radius 3 is 2.85 bits per heavy atom. The van der Waals surface area contributed by atoms with E-state index >= 15 is 0 Å². The summed E-state index contributed by atoms with van der Waals surface area (Å²) in [6.07, 6.45) is 4.81. The molecular weight excluding hydrogens is 352 g/mol. The van der Waals surface area contributed by atoms with Crippen LogP contribution in [-0.4, -0.2) is 46.1 Å². The number of rotatable bonds is 9. The summed E-state index contributed by atoms with van der Waals surface area (Å²) in [6, 6.07) is 4.82. The van der Waals surface area contributed by atoms with Gasteiger partial charge in [0, 0.05) is 31.4 Å². The third kappa shape index (κ3) is 5.26. The number of hydrogen-bond acceptors (Lipinski definition) is 6. The first-order valence-corrected chi connectivity index (χ1v) is 10.5. The quantitative estimate of drug-likeness (QED) is 0.639. The standard InChI is InChI=1S/C18H28N4O3S/c1-4-14(2)7-9-20-15-5-6-17(25-3)18(11-15)26(23,24)21-16-8-10-22(12-16)13-19/h5-6,11,14,16,20-21H,4,7-10,12H2,1-3H3/t14-,16?/m1/s1. The van der Waals surface area contributed by atoms with Crippen molar-refractivity contribution in [1.82, 2.24) is 9.62 Å². The lowest BCUT2D eigenvalue weighted by molar-refractivity contribution is 0.402. The van der Waals surface area contributed by atoms with E-state index in [9.17, 15) is 8.42 Å². The fraction of sp³-hybridized carbons (Fsp3) is 0.611. The van der Waals surface area contributed by atoms with Crippen molar-refractivity contribution in [3.8, 4) is 11.9 Å². The minimum Gasteiger partial charge on any atom is -0.495 e. The van der Waals surface area contributed by atoms with Crippen LogP contribution in [-0.2, 0) is 10.0 Å². The molecule has 1 unspecified atom stereocenters. The highest BCUT2D eigenvalue weighted by Gasteiger charge is 2.28. The average molecular weight is 381 g/mol. The van der Waals surface area contributed by atoms with Gasteiger partial charge in [-0.05, 0) is 37.0 Å². The molecule has 1 aliphatic rings. The fourth-order valence-electron chi connectivity index (χ4n) is 2.89. The molecule has 0 spiro atoms. The van der Waals surface area contributed by atoms with E-state index < -0.39 is 10.0 Å². The van der Waals surface area contributed by atoms with Crippen LogP contribution < -0.4 is 14.8 Å². The molecule has 2 atom stereocenters. The predicted octanol–water partition coefficient (Wildman–Crippen LogP) is 2.38. The summed E-state index contributed by atoms with van der Waals surface area (Å²) in [6.45, 7) is 6.10. The summed E-state index contributed by atoms with van der Waals surface area (Å²) in [5.74, 6) is 0.927. The number of hydrogen-bond donors (Lipinski definition) is 2. The number of likely N-dealkylation sites (tertiary alicyclic amines) is 1. The molecule has 1 aliphatic heterocycles. The molecule has 7 nitrogen and oxygen atoms in total. The number of nitrogens with one attached hydrogen (secondary N) is 2. The van der Waals surface area contributed by atoms with Crippen LogP contribution in [0.4, 0.5) is 5.69 Å². The van der Waals surface area contributed by atoms with Gasteiger partial charge >= 0.3 is 0 Å². The van der Waals surface area contributed by atoms with E-state index in [-0.39, 0.29) is 10.9 Å². The van der Waals surface area contributed by atoms with E-state index in [0.29, 0.717) is 31.2 Å². The zero-order chi connectivity index (χ0) is 19.2. The normalized spacial score (nSPS) is 18.4. The molecule has 144 valence electrons. The molecule has 0 bridgehead atoms. The summed E-state index contributed by atoms with van der Waals surface area (Å²) in [7, 11) is -2.28. The highest BCUT2D eigenvalue weighted by Crippen LogP contribution is 2.28. The number of nitrogens with zero attached hydrogens (tertiary/aromatic N) is 2. The topological polar surface area (TPSA) is 94.5 Å². The van der Waals surface area contributed by atoms with Gasteiger partial charge in [0.05, 0.1) is 7.11 Å². The molecule has 1 aromatic rings. The Labute approximate surface area is 156 Å². The maximum atomic E-state index is 12.8. The van der Waals surface area contributed by atoms with Gasteiger partial charge in [0.2, 0.25) is 10.0 Å². The number of nitriles is 1. The molecule has 0 saturated carbocycles. The number of anilines is 1. The van der Waals surface area contributed by atoms with Gasteiger partial charge in [-0.15, -0.1) is 0 Å². The first-order chi connectivity index (χ1) is 12.4. The van der Waals surface area contributed by atoms with Crippen LogP contribution in [0.25, 0.3) is 0 Å². The van der Waals surface area contributed by atoms with Gasteiger partial charge in [-0.1, -0.05) is 20.3 Å². The van der Waals surface area contributed by atoms with E-state index in [2.05, 4.69) is 30.1 Å². The van der Waals surface area contributed by atoms with Gasteiger partial charge in [-0.3, -0.25) is 0 Å². The third-order valence-corrected chi connectivity index (χ3v) is 6.31. The molecule has 0 radical (unpaired) electrons. The zero-order valence-electron chi connectivity index (χ0n) is 15.7. The van der Waals surface area contributed by atoms with Crippen molar-refractivity contribution in [3.05, 3.63) is 18.2 Å². The van der Waals surface area contributed by atoms with E-state index in [1.54, 1.807) is 17.0 Å². The predicted molar refractivity (Wildman–Crippen MR) is 101 cm³/mol. The van der Waals surface area contributed by atoms with Gasteiger partial charge in [0.1, 0.15) is 10.6 Å². The Morgan fingerprint density at radius 2 is 2.23 bits per heavy atom. The van der Waals surface area contributed by atoms with Gasteiger partial charge in [0.15, 0.2) is 6.19 Å². The van der Waals surface area contributed by atoms with Crippen molar-refractivity contribution >= 4 is 15.7 Å². The van der Waals surface area contributed by atoms with Crippen LogP contribution in [0.15, 0.2) is 23.1 Å². The molecule has 26 heavy (non-hydrogen) atoms. The Hall–Kier alpha value is -1.98. The largest absolute Gasteiger partial charge is 0.495 e. The van der Waals surface area contributed by atoms with Crippen LogP contribution in [0.3, 0.4) is 0 Å². The second kappa shape index (κ2) is 9.10. The summed E-state index contributed by atoms with van der Waals surface area (Å²) in [5.41, 5.74) is 0.750. The molecule has 0 aliphatic carbocycles. The Kier molecular flexibility index (Phi) is 7.12. The van der Waals surface area contributed by atoms with Crippen molar-refractivity contribution in [3.63, 3.8) is 0 Å². The molecule has 2 rings (SSSR count). The molecule has 0 aromatic heterocycles. The fourth-order valence-corrected chi connectivity index (χ4v) is 4.35. The molecule has 0 amide bonds. The van der Waals surface area contributed by atoms with E-state index in [1.807, 2.05) is 6.07 Å². The van der Waals surface area contributed by atoms with Crippen molar-refractivity contribution in [2.75, 3.05) is 32.1 Å². The maximum absolute atomic E-state index is 12.8. The van der Waals surface area contributed by atoms with Crippen LogP contribution >= 0.6 is 0 Å². The molecule has 8 heteroatoms. The molecule has 1 aromatic carbocycles. The summed E-state index contributed by atoms with van der Waals surface area (Å²) in [4.78, 5) is 1.67. The van der Waals surface area contributed by atoms with Gasteiger partial charge < -0.3 is 15.0 Å². The van der Waals surface area contributed by atoms with Crippen molar-refractivity contribution in [2.24, 2.45) is 5.92 Å². The smallest absolute Gasteiger partial charge is 0.244 e. The van der Waals surface area contributed by atoms with E-state index in [0.717, 1.165) is 25.1 Å². The lowest BCUT2D eigenvalue weighted by Crippen LogP contribution is -2.36. The molecule has 1 fully saturated rings. The maximum Gasteiger partial charge on any atom is 0.244 e. The Bertz CT molecular complexity index is 745. The summed E-state index contributed by atoms with van der Waals surface area (Å²) >= 11 is 0. The highest BCUT2D eigenvalue weighted by atomic mass is 32.2. The van der Waals surface area contributed by atoms with E-state index in [4.69, 9.17) is 10.00 Å². The SMILES string of the molecule is CC[C@@H](C)CCNc1ccc(OC)c(S(=O)(=O)NC2CCN(C#N)C2)c1. The summed E-state index contributed by atoms with van der Waals surface area (Å²) in [5, 5.41) is 12.2. The second-order valence-corrected chi connectivity index (χ2v) is 8.43.